The van der Waals surface area contributed by atoms with E-state index in [4.69, 9.17) is 0 Å². The highest BCUT2D eigenvalue weighted by Crippen LogP contribution is 2.44. The molecule has 0 saturated heterocycles. The van der Waals surface area contributed by atoms with E-state index in [1.165, 1.54) is 11.1 Å². The molecule has 5 rings (SSSR count). The first kappa shape index (κ1) is 21.4. The zero-order chi connectivity index (χ0) is 23.0. The third-order valence-electron chi connectivity index (χ3n) is 7.21. The molecule has 0 bridgehead atoms. The molecule has 170 valence electrons. The van der Waals surface area contributed by atoms with Gasteiger partial charge < -0.3 is 14.6 Å². The second-order valence-corrected chi connectivity index (χ2v) is 9.06. The van der Waals surface area contributed by atoms with Crippen LogP contribution >= 0.6 is 0 Å². The number of rotatable bonds is 5. The van der Waals surface area contributed by atoms with Crippen LogP contribution in [0.3, 0.4) is 0 Å². The summed E-state index contributed by atoms with van der Waals surface area (Å²) in [4.78, 5) is 35.9. The number of aromatic hydroxyl groups is 1. The number of carbonyl (C=O) groups excluding carboxylic acids is 1. The van der Waals surface area contributed by atoms with Gasteiger partial charge in [0.15, 0.2) is 5.69 Å². The molecule has 0 atom stereocenters. The first-order valence-corrected chi connectivity index (χ1v) is 11.7. The van der Waals surface area contributed by atoms with Crippen molar-refractivity contribution in [3.05, 3.63) is 81.8 Å². The number of anilines is 1. The summed E-state index contributed by atoms with van der Waals surface area (Å²) in [5.41, 5.74) is 2.43. The SMILES string of the molecule is CCc1cccc(C2(Cc3nc(=O)c(O)c4n3CCN(c3ccncc3)C4=O)CCCC2)c1. The standard InChI is InChI=1S/C26H28N4O3/c1-2-18-6-5-7-19(16-18)26(10-3-4-11-26)17-21-28-24(32)23(31)22-25(33)29(14-15-30(21)22)20-8-12-27-13-9-20/h5-9,12-13,16,31H,2-4,10-11,14-15,17H2,1H3. The lowest BCUT2D eigenvalue weighted by Gasteiger charge is -2.34. The summed E-state index contributed by atoms with van der Waals surface area (Å²) in [6.07, 6.45) is 9.07. The number of carbonyl (C=O) groups is 1. The summed E-state index contributed by atoms with van der Waals surface area (Å²) in [7, 11) is 0. The normalized spacial score (nSPS) is 17.2. The number of aromatic nitrogens is 3. The Morgan fingerprint density at radius 3 is 2.55 bits per heavy atom. The van der Waals surface area contributed by atoms with Gasteiger partial charge in [0.2, 0.25) is 5.75 Å². The van der Waals surface area contributed by atoms with Crippen LogP contribution in [0.1, 0.15) is 60.0 Å². The lowest BCUT2D eigenvalue weighted by molar-refractivity contribution is 0.0957. The summed E-state index contributed by atoms with van der Waals surface area (Å²) in [5, 5.41) is 10.6. The molecule has 33 heavy (non-hydrogen) atoms. The van der Waals surface area contributed by atoms with E-state index in [0.29, 0.717) is 31.0 Å². The molecule has 3 aromatic rings. The number of aryl methyl sites for hydroxylation is 1. The van der Waals surface area contributed by atoms with Crippen molar-refractivity contribution in [3.63, 3.8) is 0 Å². The van der Waals surface area contributed by atoms with E-state index in [9.17, 15) is 14.7 Å². The Morgan fingerprint density at radius 1 is 1.06 bits per heavy atom. The number of hydrogen-bond donors (Lipinski definition) is 1. The molecule has 1 aromatic carbocycles. The average molecular weight is 445 g/mol. The third-order valence-corrected chi connectivity index (χ3v) is 7.21. The summed E-state index contributed by atoms with van der Waals surface area (Å²) in [6.45, 7) is 3.05. The minimum atomic E-state index is -0.739. The van der Waals surface area contributed by atoms with E-state index < -0.39 is 11.3 Å². The van der Waals surface area contributed by atoms with Crippen molar-refractivity contribution in [2.24, 2.45) is 0 Å². The molecule has 0 unspecified atom stereocenters. The van der Waals surface area contributed by atoms with Crippen LogP contribution in [-0.2, 0) is 24.8 Å². The number of amides is 1. The molecular weight excluding hydrogens is 416 g/mol. The molecule has 1 amide bonds. The number of pyridine rings is 1. The summed E-state index contributed by atoms with van der Waals surface area (Å²) < 4.78 is 1.76. The van der Waals surface area contributed by atoms with Gasteiger partial charge >= 0.3 is 5.56 Å². The maximum absolute atomic E-state index is 13.4. The Balaban J connectivity index is 1.58. The van der Waals surface area contributed by atoms with Crippen LogP contribution in [0.15, 0.2) is 53.6 Å². The lowest BCUT2D eigenvalue weighted by atomic mass is 9.75. The highest BCUT2D eigenvalue weighted by atomic mass is 16.3. The Hall–Kier alpha value is -3.48. The Labute approximate surface area is 192 Å². The molecule has 7 heteroatoms. The van der Waals surface area contributed by atoms with Gasteiger partial charge in [-0.25, -0.2) is 0 Å². The molecule has 3 heterocycles. The predicted octanol–water partition coefficient (Wildman–Crippen LogP) is 3.62. The minimum Gasteiger partial charge on any atom is -0.501 e. The molecule has 7 nitrogen and oxygen atoms in total. The Kier molecular flexibility index (Phi) is 5.48. The first-order valence-electron chi connectivity index (χ1n) is 11.7. The van der Waals surface area contributed by atoms with Gasteiger partial charge in [-0.05, 0) is 42.5 Å². The number of hydrogen-bond acceptors (Lipinski definition) is 5. The molecule has 0 spiro atoms. The van der Waals surface area contributed by atoms with Gasteiger partial charge in [0, 0.05) is 43.0 Å². The van der Waals surface area contributed by atoms with Crippen molar-refractivity contribution in [1.82, 2.24) is 14.5 Å². The van der Waals surface area contributed by atoms with Gasteiger partial charge in [-0.3, -0.25) is 14.6 Å². The van der Waals surface area contributed by atoms with Crippen LogP contribution in [0.2, 0.25) is 0 Å². The fourth-order valence-electron chi connectivity index (χ4n) is 5.42. The van der Waals surface area contributed by atoms with Gasteiger partial charge in [0.05, 0.1) is 0 Å². The summed E-state index contributed by atoms with van der Waals surface area (Å²) in [6, 6.07) is 12.2. The highest BCUT2D eigenvalue weighted by molar-refractivity contribution is 6.07. The molecule has 1 aliphatic heterocycles. The van der Waals surface area contributed by atoms with Crippen molar-refractivity contribution in [1.29, 1.82) is 0 Å². The fourth-order valence-corrected chi connectivity index (χ4v) is 5.42. The van der Waals surface area contributed by atoms with Gasteiger partial charge in [0.1, 0.15) is 5.82 Å². The third kappa shape index (κ3) is 3.71. The number of fused-ring (bicyclic) bond motifs is 1. The molecule has 2 aliphatic rings. The second kappa shape index (κ2) is 8.46. The Bertz CT molecular complexity index is 1250. The highest BCUT2D eigenvalue weighted by Gasteiger charge is 2.39. The van der Waals surface area contributed by atoms with Crippen molar-refractivity contribution in [3.8, 4) is 5.75 Å². The molecule has 1 N–H and O–H groups in total. The summed E-state index contributed by atoms with van der Waals surface area (Å²) in [5.74, 6) is -0.380. The van der Waals surface area contributed by atoms with Gasteiger partial charge in [-0.2, -0.15) is 4.98 Å². The maximum atomic E-state index is 13.4. The molecule has 1 aliphatic carbocycles. The van der Waals surface area contributed by atoms with Crippen molar-refractivity contribution < 1.29 is 9.90 Å². The average Bonchev–Trinajstić information content (AvgIpc) is 3.32. The lowest BCUT2D eigenvalue weighted by Crippen LogP contribution is -2.44. The van der Waals surface area contributed by atoms with E-state index in [1.54, 1.807) is 34.0 Å². The quantitative estimate of drug-likeness (QED) is 0.649. The number of benzene rings is 1. The van der Waals surface area contributed by atoms with E-state index in [0.717, 1.165) is 32.1 Å². The van der Waals surface area contributed by atoms with E-state index in [2.05, 4.69) is 41.2 Å². The Morgan fingerprint density at radius 2 is 1.82 bits per heavy atom. The van der Waals surface area contributed by atoms with Crippen LogP contribution in [-0.4, -0.2) is 32.1 Å². The van der Waals surface area contributed by atoms with Crippen molar-refractivity contribution in [2.45, 2.75) is 57.4 Å². The van der Waals surface area contributed by atoms with Crippen LogP contribution in [0.4, 0.5) is 5.69 Å². The first-order chi connectivity index (χ1) is 16.0. The molecule has 2 aromatic heterocycles. The zero-order valence-corrected chi connectivity index (χ0v) is 18.8. The van der Waals surface area contributed by atoms with Crippen LogP contribution in [0.5, 0.6) is 5.75 Å². The molecular formula is C26H28N4O3. The second-order valence-electron chi connectivity index (χ2n) is 9.06. The van der Waals surface area contributed by atoms with Crippen molar-refractivity contribution in [2.75, 3.05) is 11.4 Å². The van der Waals surface area contributed by atoms with Gasteiger partial charge in [0.25, 0.3) is 5.91 Å². The van der Waals surface area contributed by atoms with E-state index >= 15 is 0 Å². The summed E-state index contributed by atoms with van der Waals surface area (Å²) >= 11 is 0. The smallest absolute Gasteiger partial charge is 0.315 e. The predicted molar refractivity (Wildman–Crippen MR) is 126 cm³/mol. The van der Waals surface area contributed by atoms with Crippen LogP contribution < -0.4 is 10.5 Å². The van der Waals surface area contributed by atoms with Crippen LogP contribution in [0, 0.1) is 0 Å². The molecule has 1 saturated carbocycles. The van der Waals surface area contributed by atoms with Gasteiger partial charge in [-0.15, -0.1) is 0 Å². The fraction of sp³-hybridized carbons (Fsp3) is 0.385. The zero-order valence-electron chi connectivity index (χ0n) is 18.8. The largest absolute Gasteiger partial charge is 0.501 e. The van der Waals surface area contributed by atoms with Crippen LogP contribution in [0.25, 0.3) is 0 Å². The minimum absolute atomic E-state index is 0.0310. The van der Waals surface area contributed by atoms with Crippen molar-refractivity contribution >= 4 is 11.6 Å². The number of nitrogens with zero attached hydrogens (tertiary/aromatic N) is 4. The van der Waals surface area contributed by atoms with E-state index in [-0.39, 0.29) is 17.0 Å². The monoisotopic (exact) mass is 444 g/mol. The van der Waals surface area contributed by atoms with Gasteiger partial charge in [-0.1, -0.05) is 44.0 Å². The molecule has 0 radical (unpaired) electrons. The van der Waals surface area contributed by atoms with E-state index in [1.807, 2.05) is 0 Å². The topological polar surface area (TPSA) is 88.3 Å². The maximum Gasteiger partial charge on any atom is 0.315 e. The molecule has 1 fully saturated rings.